The summed E-state index contributed by atoms with van der Waals surface area (Å²) in [4.78, 5) is 11.8. The van der Waals surface area contributed by atoms with E-state index in [2.05, 4.69) is 5.10 Å². The molecule has 0 saturated heterocycles. The molecular formula is C13H8N4O2. The van der Waals surface area contributed by atoms with E-state index in [1.807, 2.05) is 24.3 Å². The van der Waals surface area contributed by atoms with Crippen molar-refractivity contribution in [3.63, 3.8) is 0 Å². The number of aromatic amines is 1. The van der Waals surface area contributed by atoms with Crippen molar-refractivity contribution in [1.29, 1.82) is 10.7 Å². The van der Waals surface area contributed by atoms with Gasteiger partial charge in [0.15, 0.2) is 0 Å². The number of nitrogens with one attached hydrogen (secondary N) is 2. The zero-order valence-corrected chi connectivity index (χ0v) is 9.68. The number of aromatic nitrogens is 2. The van der Waals surface area contributed by atoms with E-state index >= 15 is 0 Å². The van der Waals surface area contributed by atoms with Crippen LogP contribution in [-0.4, -0.2) is 9.78 Å². The highest BCUT2D eigenvalue weighted by atomic mass is 16.3. The summed E-state index contributed by atoms with van der Waals surface area (Å²) in [5.74, 6) is 0. The van der Waals surface area contributed by atoms with Gasteiger partial charge in [-0.15, -0.1) is 0 Å². The fourth-order valence-corrected chi connectivity index (χ4v) is 1.86. The van der Waals surface area contributed by atoms with Gasteiger partial charge >= 0.3 is 0 Å². The molecule has 92 valence electrons. The van der Waals surface area contributed by atoms with Crippen LogP contribution in [0.1, 0.15) is 5.56 Å². The van der Waals surface area contributed by atoms with Gasteiger partial charge in [0.25, 0.3) is 5.56 Å². The molecule has 3 rings (SSSR count). The predicted octanol–water partition coefficient (Wildman–Crippen LogP) is 1.26. The third-order valence-corrected chi connectivity index (χ3v) is 2.76. The molecule has 1 aromatic carbocycles. The summed E-state index contributed by atoms with van der Waals surface area (Å²) in [7, 11) is 0. The molecule has 0 saturated carbocycles. The molecule has 0 spiro atoms. The first kappa shape index (κ1) is 11.0. The van der Waals surface area contributed by atoms with Crippen molar-refractivity contribution < 1.29 is 4.42 Å². The van der Waals surface area contributed by atoms with Gasteiger partial charge in [-0.25, -0.2) is 4.68 Å². The molecular weight excluding hydrogens is 244 g/mol. The minimum atomic E-state index is -0.362. The lowest BCUT2D eigenvalue weighted by molar-refractivity contribution is 0.509. The van der Waals surface area contributed by atoms with Gasteiger partial charge in [-0.1, -0.05) is 18.2 Å². The van der Waals surface area contributed by atoms with Crippen LogP contribution in [0.15, 0.2) is 45.6 Å². The zero-order valence-electron chi connectivity index (χ0n) is 9.68. The second-order valence-corrected chi connectivity index (χ2v) is 3.93. The maximum Gasteiger partial charge on any atom is 0.275 e. The van der Waals surface area contributed by atoms with Crippen LogP contribution in [0.3, 0.4) is 0 Å². The van der Waals surface area contributed by atoms with Crippen molar-refractivity contribution in [2.45, 2.75) is 0 Å². The molecule has 6 heteroatoms. The van der Waals surface area contributed by atoms with E-state index in [4.69, 9.17) is 15.1 Å². The molecule has 0 atom stereocenters. The van der Waals surface area contributed by atoms with Gasteiger partial charge in [0.05, 0.1) is 5.69 Å². The van der Waals surface area contributed by atoms with Gasteiger partial charge in [0.2, 0.25) is 11.3 Å². The highest BCUT2D eigenvalue weighted by molar-refractivity contribution is 5.75. The molecule has 6 nitrogen and oxygen atoms in total. The summed E-state index contributed by atoms with van der Waals surface area (Å²) >= 11 is 0. The fourth-order valence-electron chi connectivity index (χ4n) is 1.86. The summed E-state index contributed by atoms with van der Waals surface area (Å²) < 4.78 is 6.72. The number of nitrogens with zero attached hydrogens (tertiary/aromatic N) is 2. The third-order valence-electron chi connectivity index (χ3n) is 2.76. The number of benzene rings is 1. The molecule has 0 radical (unpaired) electrons. The smallest absolute Gasteiger partial charge is 0.275 e. The summed E-state index contributed by atoms with van der Waals surface area (Å²) in [6.45, 7) is 0. The second kappa shape index (κ2) is 3.99. The molecule has 0 aliphatic carbocycles. The van der Waals surface area contributed by atoms with E-state index in [9.17, 15) is 4.79 Å². The number of para-hydroxylation sites is 1. The van der Waals surface area contributed by atoms with Crippen molar-refractivity contribution in [3.8, 4) is 11.8 Å². The number of fused-ring (bicyclic) bond motifs is 1. The standard InChI is InChI=1S/C13H8N4O2/c14-7-8-6-10-12(18)16-17(13(10)19-11(8)15)9-4-2-1-3-5-9/h1-6,15H,(H,16,18). The first-order chi connectivity index (χ1) is 9.20. The van der Waals surface area contributed by atoms with E-state index in [0.29, 0.717) is 5.69 Å². The lowest BCUT2D eigenvalue weighted by atomic mass is 10.2. The summed E-state index contributed by atoms with van der Waals surface area (Å²) in [5.41, 5.74) is 0.337. The highest BCUT2D eigenvalue weighted by Crippen LogP contribution is 2.14. The van der Waals surface area contributed by atoms with Crippen molar-refractivity contribution in [3.05, 3.63) is 57.9 Å². The minimum Gasteiger partial charge on any atom is -0.419 e. The summed E-state index contributed by atoms with van der Waals surface area (Å²) in [6.07, 6.45) is 0. The third kappa shape index (κ3) is 1.65. The van der Waals surface area contributed by atoms with Crippen molar-refractivity contribution in [2.75, 3.05) is 0 Å². The predicted molar refractivity (Wildman–Crippen MR) is 66.7 cm³/mol. The van der Waals surface area contributed by atoms with Crippen LogP contribution in [0, 0.1) is 16.7 Å². The second-order valence-electron chi connectivity index (χ2n) is 3.93. The number of H-pyrrole nitrogens is 1. The van der Waals surface area contributed by atoms with Crippen molar-refractivity contribution >= 4 is 11.1 Å². The van der Waals surface area contributed by atoms with E-state index in [0.717, 1.165) is 0 Å². The van der Waals surface area contributed by atoms with Crippen LogP contribution < -0.4 is 11.1 Å². The quantitative estimate of drug-likeness (QED) is 0.682. The average molecular weight is 252 g/mol. The van der Waals surface area contributed by atoms with Crippen LogP contribution >= 0.6 is 0 Å². The first-order valence-electron chi connectivity index (χ1n) is 5.49. The summed E-state index contributed by atoms with van der Waals surface area (Å²) in [5, 5.41) is 19.3. The van der Waals surface area contributed by atoms with Gasteiger partial charge < -0.3 is 4.42 Å². The van der Waals surface area contributed by atoms with Crippen molar-refractivity contribution in [1.82, 2.24) is 9.78 Å². The van der Waals surface area contributed by atoms with E-state index in [1.54, 1.807) is 12.1 Å². The Hall–Kier alpha value is -3.07. The molecule has 2 aromatic heterocycles. The topological polar surface area (TPSA) is 98.6 Å². The molecule has 0 fully saturated rings. The Bertz CT molecular complexity index is 910. The molecule has 0 unspecified atom stereocenters. The Morgan fingerprint density at radius 1 is 1.32 bits per heavy atom. The molecule has 0 amide bonds. The summed E-state index contributed by atoms with van der Waals surface area (Å²) in [6, 6.07) is 12.3. The van der Waals surface area contributed by atoms with E-state index in [-0.39, 0.29) is 27.8 Å². The normalized spacial score (nSPS) is 10.5. The van der Waals surface area contributed by atoms with Gasteiger partial charge in [-0.2, -0.15) is 5.26 Å². The van der Waals surface area contributed by atoms with E-state index < -0.39 is 0 Å². The molecule has 2 heterocycles. The lowest BCUT2D eigenvalue weighted by Gasteiger charge is -2.02. The van der Waals surface area contributed by atoms with E-state index in [1.165, 1.54) is 10.7 Å². The SMILES string of the molecule is N#Cc1cc2c(=O)[nH]n(-c3ccccc3)c2oc1=N. The van der Waals surface area contributed by atoms with Crippen LogP contribution in [-0.2, 0) is 0 Å². The van der Waals surface area contributed by atoms with Gasteiger partial charge in [0, 0.05) is 0 Å². The maximum absolute atomic E-state index is 11.8. The Labute approximate surface area is 106 Å². The minimum absolute atomic E-state index is 0.0313. The maximum atomic E-state index is 11.8. The molecule has 3 aromatic rings. The molecule has 0 aliphatic rings. The monoisotopic (exact) mass is 252 g/mol. The van der Waals surface area contributed by atoms with Crippen LogP contribution in [0.2, 0.25) is 0 Å². The zero-order chi connectivity index (χ0) is 13.4. The highest BCUT2D eigenvalue weighted by Gasteiger charge is 2.12. The Morgan fingerprint density at radius 3 is 2.74 bits per heavy atom. The lowest BCUT2D eigenvalue weighted by Crippen LogP contribution is -2.05. The molecule has 0 aliphatic heterocycles. The average Bonchev–Trinajstić information content (AvgIpc) is 2.75. The van der Waals surface area contributed by atoms with Gasteiger partial charge in [0.1, 0.15) is 17.0 Å². The van der Waals surface area contributed by atoms with Gasteiger partial charge in [-0.3, -0.25) is 15.3 Å². The largest absolute Gasteiger partial charge is 0.419 e. The Kier molecular flexibility index (Phi) is 2.32. The first-order valence-corrected chi connectivity index (χ1v) is 5.49. The van der Waals surface area contributed by atoms with Crippen LogP contribution in [0.5, 0.6) is 0 Å². The van der Waals surface area contributed by atoms with Crippen LogP contribution in [0.4, 0.5) is 0 Å². The number of hydrogen-bond donors (Lipinski definition) is 2. The number of hydrogen-bond acceptors (Lipinski definition) is 4. The van der Waals surface area contributed by atoms with Gasteiger partial charge in [-0.05, 0) is 18.2 Å². The number of nitriles is 1. The number of rotatable bonds is 1. The Morgan fingerprint density at radius 2 is 2.05 bits per heavy atom. The van der Waals surface area contributed by atoms with Crippen molar-refractivity contribution in [2.24, 2.45) is 0 Å². The molecule has 2 N–H and O–H groups in total. The molecule has 0 bridgehead atoms. The van der Waals surface area contributed by atoms with Crippen LogP contribution in [0.25, 0.3) is 16.8 Å². The molecule has 19 heavy (non-hydrogen) atoms. The Balaban J connectivity index is 2.42. The fraction of sp³-hybridized carbons (Fsp3) is 0.